The van der Waals surface area contributed by atoms with Crippen molar-refractivity contribution in [2.24, 2.45) is 11.3 Å². The summed E-state index contributed by atoms with van der Waals surface area (Å²) in [7, 11) is 0. The molecule has 1 N–H and O–H groups in total. The van der Waals surface area contributed by atoms with Crippen molar-refractivity contribution in [1.29, 1.82) is 0 Å². The van der Waals surface area contributed by atoms with E-state index in [9.17, 15) is 5.11 Å². The molecular weight excluding hydrogens is 148 g/mol. The zero-order valence-electron chi connectivity index (χ0n) is 8.47. The smallest absolute Gasteiger partial charge is 0.0489 e. The molecule has 1 fully saturated rings. The van der Waals surface area contributed by atoms with Crippen molar-refractivity contribution >= 4 is 0 Å². The molecule has 1 aliphatic rings. The molecule has 0 atom stereocenters. The topological polar surface area (TPSA) is 20.2 Å². The van der Waals surface area contributed by atoms with Gasteiger partial charge in [0, 0.05) is 6.61 Å². The van der Waals surface area contributed by atoms with Gasteiger partial charge in [-0.1, -0.05) is 26.7 Å². The van der Waals surface area contributed by atoms with Crippen LogP contribution in [-0.4, -0.2) is 11.7 Å². The number of aliphatic hydroxyl groups excluding tert-OH is 1. The van der Waals surface area contributed by atoms with Crippen LogP contribution in [-0.2, 0) is 0 Å². The Morgan fingerprint density at radius 2 is 1.67 bits per heavy atom. The van der Waals surface area contributed by atoms with Crippen LogP contribution in [0.4, 0.5) is 0 Å². The van der Waals surface area contributed by atoms with E-state index in [-0.39, 0.29) is 5.41 Å². The van der Waals surface area contributed by atoms with E-state index in [1.165, 1.54) is 25.7 Å². The van der Waals surface area contributed by atoms with Crippen LogP contribution >= 0.6 is 0 Å². The fourth-order valence-electron chi connectivity index (χ4n) is 2.72. The highest BCUT2D eigenvalue weighted by Crippen LogP contribution is 2.44. The Balaban J connectivity index is 2.61. The van der Waals surface area contributed by atoms with Gasteiger partial charge in [0.1, 0.15) is 0 Å². The maximum Gasteiger partial charge on any atom is 0.0489 e. The van der Waals surface area contributed by atoms with Crippen LogP contribution in [0.2, 0.25) is 0 Å². The third-order valence-electron chi connectivity index (χ3n) is 3.94. The summed E-state index contributed by atoms with van der Waals surface area (Å²) < 4.78 is 0. The predicted molar refractivity (Wildman–Crippen MR) is 52.1 cm³/mol. The fraction of sp³-hybridized carbons (Fsp3) is 1.00. The molecule has 72 valence electrons. The third-order valence-corrected chi connectivity index (χ3v) is 3.94. The summed E-state index contributed by atoms with van der Waals surface area (Å²) in [4.78, 5) is 0. The maximum absolute atomic E-state index is 9.44. The number of hydrogen-bond acceptors (Lipinski definition) is 1. The van der Waals surface area contributed by atoms with Gasteiger partial charge in [0.2, 0.25) is 0 Å². The van der Waals surface area contributed by atoms with Gasteiger partial charge in [0.15, 0.2) is 0 Å². The van der Waals surface area contributed by atoms with Crippen LogP contribution < -0.4 is 0 Å². The summed E-state index contributed by atoms with van der Waals surface area (Å²) in [6.07, 6.45) is 7.75. The highest BCUT2D eigenvalue weighted by Gasteiger charge is 2.36. The monoisotopic (exact) mass is 170 g/mol. The van der Waals surface area contributed by atoms with Crippen LogP contribution in [0.3, 0.4) is 0 Å². The highest BCUT2D eigenvalue weighted by atomic mass is 16.3. The van der Waals surface area contributed by atoms with Crippen LogP contribution in [0.25, 0.3) is 0 Å². The molecule has 12 heavy (non-hydrogen) atoms. The van der Waals surface area contributed by atoms with Gasteiger partial charge in [0.05, 0.1) is 0 Å². The molecule has 0 aromatic carbocycles. The highest BCUT2D eigenvalue weighted by molar-refractivity contribution is 4.86. The summed E-state index contributed by atoms with van der Waals surface area (Å²) in [5.74, 6) is 0.803. The fourth-order valence-corrected chi connectivity index (χ4v) is 2.72. The van der Waals surface area contributed by atoms with E-state index in [4.69, 9.17) is 0 Å². The molecule has 1 saturated carbocycles. The van der Waals surface area contributed by atoms with Crippen LogP contribution in [0, 0.1) is 11.3 Å². The van der Waals surface area contributed by atoms with E-state index in [2.05, 4.69) is 13.8 Å². The van der Waals surface area contributed by atoms with Crippen molar-refractivity contribution in [3.63, 3.8) is 0 Å². The summed E-state index contributed by atoms with van der Waals surface area (Å²) in [6, 6.07) is 0. The minimum absolute atomic E-state index is 0.260. The van der Waals surface area contributed by atoms with E-state index >= 15 is 0 Å². The molecule has 0 bridgehead atoms. The first kappa shape index (κ1) is 10.0. The molecule has 0 aromatic rings. The van der Waals surface area contributed by atoms with Crippen molar-refractivity contribution in [3.05, 3.63) is 0 Å². The summed E-state index contributed by atoms with van der Waals surface area (Å²) in [6.45, 7) is 4.83. The molecular formula is C11H22O. The molecule has 0 aromatic heterocycles. The van der Waals surface area contributed by atoms with Gasteiger partial charge < -0.3 is 5.11 Å². The van der Waals surface area contributed by atoms with E-state index < -0.39 is 0 Å². The lowest BCUT2D eigenvalue weighted by Gasteiger charge is -2.35. The average molecular weight is 170 g/mol. The second-order valence-electron chi connectivity index (χ2n) is 4.21. The molecule has 1 heteroatoms. The molecule has 0 aliphatic heterocycles. The Hall–Kier alpha value is -0.0400. The zero-order chi connectivity index (χ0) is 9.03. The van der Waals surface area contributed by atoms with Crippen LogP contribution in [0.15, 0.2) is 0 Å². The summed E-state index contributed by atoms with van der Waals surface area (Å²) >= 11 is 0. The van der Waals surface area contributed by atoms with Crippen molar-refractivity contribution in [2.75, 3.05) is 6.61 Å². The van der Waals surface area contributed by atoms with Crippen molar-refractivity contribution < 1.29 is 5.11 Å². The van der Waals surface area contributed by atoms with Gasteiger partial charge in [-0.15, -0.1) is 0 Å². The average Bonchev–Trinajstić information content (AvgIpc) is 2.62. The SMILES string of the molecule is CCC(CC)(CO)C1CCCC1. The minimum Gasteiger partial charge on any atom is -0.396 e. The Labute approximate surface area is 76.2 Å². The molecule has 1 aliphatic carbocycles. The number of rotatable bonds is 4. The minimum atomic E-state index is 0.260. The Kier molecular flexibility index (Phi) is 3.57. The normalized spacial score (nSPS) is 20.2. The van der Waals surface area contributed by atoms with E-state index in [1.54, 1.807) is 0 Å². The first-order valence-corrected chi connectivity index (χ1v) is 5.40. The largest absolute Gasteiger partial charge is 0.396 e. The van der Waals surface area contributed by atoms with Crippen LogP contribution in [0.1, 0.15) is 52.4 Å². The van der Waals surface area contributed by atoms with Gasteiger partial charge in [-0.2, -0.15) is 0 Å². The first-order valence-electron chi connectivity index (χ1n) is 5.40. The summed E-state index contributed by atoms with van der Waals surface area (Å²) in [5.41, 5.74) is 0.260. The molecule has 0 spiro atoms. The van der Waals surface area contributed by atoms with Crippen molar-refractivity contribution in [2.45, 2.75) is 52.4 Å². The van der Waals surface area contributed by atoms with E-state index in [1.807, 2.05) is 0 Å². The van der Waals surface area contributed by atoms with E-state index in [0.717, 1.165) is 18.8 Å². The Morgan fingerprint density at radius 1 is 1.17 bits per heavy atom. The van der Waals surface area contributed by atoms with E-state index in [0.29, 0.717) is 6.61 Å². The van der Waals surface area contributed by atoms with Gasteiger partial charge in [-0.25, -0.2) is 0 Å². The molecule has 0 unspecified atom stereocenters. The number of hydrogen-bond donors (Lipinski definition) is 1. The van der Waals surface area contributed by atoms with Crippen molar-refractivity contribution in [1.82, 2.24) is 0 Å². The number of aliphatic hydroxyl groups is 1. The van der Waals surface area contributed by atoms with Gasteiger partial charge in [-0.3, -0.25) is 0 Å². The molecule has 0 heterocycles. The molecule has 1 nitrogen and oxygen atoms in total. The predicted octanol–water partition coefficient (Wildman–Crippen LogP) is 2.98. The standard InChI is InChI=1S/C11H22O/c1-3-11(4-2,9-12)10-7-5-6-8-10/h10,12H,3-9H2,1-2H3. The van der Waals surface area contributed by atoms with Gasteiger partial charge >= 0.3 is 0 Å². The lowest BCUT2D eigenvalue weighted by atomic mass is 9.71. The van der Waals surface area contributed by atoms with Crippen molar-refractivity contribution in [3.8, 4) is 0 Å². The quantitative estimate of drug-likeness (QED) is 0.687. The maximum atomic E-state index is 9.44. The molecule has 1 rings (SSSR count). The lowest BCUT2D eigenvalue weighted by molar-refractivity contribution is 0.0541. The van der Waals surface area contributed by atoms with Crippen LogP contribution in [0.5, 0.6) is 0 Å². The third kappa shape index (κ3) is 1.66. The molecule has 0 saturated heterocycles. The first-order chi connectivity index (χ1) is 5.79. The Bertz CT molecular complexity index is 113. The Morgan fingerprint density at radius 3 is 2.00 bits per heavy atom. The van der Waals surface area contributed by atoms with Gasteiger partial charge in [0.25, 0.3) is 0 Å². The second-order valence-corrected chi connectivity index (χ2v) is 4.21. The lowest BCUT2D eigenvalue weighted by Crippen LogP contribution is -2.31. The second kappa shape index (κ2) is 4.27. The molecule has 0 radical (unpaired) electrons. The summed E-state index contributed by atoms with van der Waals surface area (Å²) in [5, 5.41) is 9.44. The molecule has 0 amide bonds. The van der Waals surface area contributed by atoms with Gasteiger partial charge in [-0.05, 0) is 37.0 Å². The zero-order valence-corrected chi connectivity index (χ0v) is 8.47.